The summed E-state index contributed by atoms with van der Waals surface area (Å²) in [4.78, 5) is 6.80. The number of rotatable bonds is 2. The first kappa shape index (κ1) is 14.1. The lowest BCUT2D eigenvalue weighted by molar-refractivity contribution is -0.0943. The van der Waals surface area contributed by atoms with Crippen molar-refractivity contribution in [2.45, 2.75) is 69.8 Å². The largest absolute Gasteiger partial charge is 0.376 e. The molecular weight excluding hydrogens is 254 g/mol. The third-order valence-corrected chi connectivity index (χ3v) is 5.08. The Morgan fingerprint density at radius 1 is 1.35 bits per heavy atom. The lowest BCUT2D eigenvalue weighted by atomic mass is 9.78. The fourth-order valence-electron chi connectivity index (χ4n) is 4.27. The smallest absolute Gasteiger partial charge is 0.192 e. The van der Waals surface area contributed by atoms with Gasteiger partial charge in [-0.1, -0.05) is 0 Å². The summed E-state index contributed by atoms with van der Waals surface area (Å²) in [5.41, 5.74) is 5.65. The van der Waals surface area contributed by atoms with Gasteiger partial charge in [-0.05, 0) is 40.5 Å². The van der Waals surface area contributed by atoms with Crippen molar-refractivity contribution in [3.63, 3.8) is 0 Å². The first-order chi connectivity index (χ1) is 9.26. The molecule has 0 aromatic carbocycles. The van der Waals surface area contributed by atoms with Crippen LogP contribution in [0.1, 0.15) is 47.0 Å². The summed E-state index contributed by atoms with van der Waals surface area (Å²) < 4.78 is 12.1. The molecule has 2 fully saturated rings. The van der Waals surface area contributed by atoms with E-state index >= 15 is 0 Å². The van der Waals surface area contributed by atoms with Crippen LogP contribution >= 0.6 is 0 Å². The van der Waals surface area contributed by atoms with Crippen LogP contribution in [0.4, 0.5) is 0 Å². The Labute approximate surface area is 121 Å². The summed E-state index contributed by atoms with van der Waals surface area (Å²) in [6, 6.07) is 0. The van der Waals surface area contributed by atoms with Gasteiger partial charge in [-0.2, -0.15) is 0 Å². The second-order valence-corrected chi connectivity index (χ2v) is 7.50. The molecule has 0 radical (unpaired) electrons. The van der Waals surface area contributed by atoms with Crippen molar-refractivity contribution >= 4 is 5.96 Å². The minimum Gasteiger partial charge on any atom is -0.376 e. The molecule has 0 aromatic rings. The van der Waals surface area contributed by atoms with Gasteiger partial charge in [0, 0.05) is 19.6 Å². The molecule has 3 heterocycles. The highest BCUT2D eigenvalue weighted by atomic mass is 16.5. The summed E-state index contributed by atoms with van der Waals surface area (Å²) in [6.45, 7) is 11.1. The number of nitrogens with zero attached hydrogens (tertiary/aromatic N) is 2. The molecule has 0 amide bonds. The van der Waals surface area contributed by atoms with Crippen molar-refractivity contribution in [2.24, 2.45) is 10.7 Å². The van der Waals surface area contributed by atoms with Crippen LogP contribution in [0.5, 0.6) is 0 Å². The Morgan fingerprint density at radius 3 is 2.65 bits per heavy atom. The third-order valence-electron chi connectivity index (χ3n) is 5.08. The van der Waals surface area contributed by atoms with Crippen LogP contribution in [-0.4, -0.2) is 53.4 Å². The maximum atomic E-state index is 6.31. The van der Waals surface area contributed by atoms with Crippen LogP contribution in [0.2, 0.25) is 0 Å². The van der Waals surface area contributed by atoms with Crippen LogP contribution < -0.4 is 5.73 Å². The summed E-state index contributed by atoms with van der Waals surface area (Å²) in [5, 5.41) is 0. The molecular formula is C15H27N3O2. The highest BCUT2D eigenvalue weighted by molar-refractivity contribution is 5.81. The number of aliphatic imine (C=N–C) groups is 1. The molecule has 3 rings (SSSR count). The summed E-state index contributed by atoms with van der Waals surface area (Å²) in [5.74, 6) is 0.648. The molecule has 3 aliphatic rings. The molecule has 2 atom stereocenters. The first-order valence-electron chi connectivity index (χ1n) is 7.65. The molecule has 0 bridgehead atoms. The molecule has 20 heavy (non-hydrogen) atoms. The van der Waals surface area contributed by atoms with E-state index in [-0.39, 0.29) is 22.8 Å². The van der Waals surface area contributed by atoms with Gasteiger partial charge in [-0.15, -0.1) is 0 Å². The topological polar surface area (TPSA) is 60.1 Å². The van der Waals surface area contributed by atoms with Gasteiger partial charge in [0.2, 0.25) is 0 Å². The number of hydrogen-bond acceptors (Lipinski definition) is 5. The summed E-state index contributed by atoms with van der Waals surface area (Å²) in [7, 11) is 0. The normalized spacial score (nSPS) is 38.7. The van der Waals surface area contributed by atoms with E-state index in [4.69, 9.17) is 15.2 Å². The third kappa shape index (κ3) is 2.02. The van der Waals surface area contributed by atoms with Crippen molar-refractivity contribution in [3.8, 4) is 0 Å². The van der Waals surface area contributed by atoms with E-state index in [9.17, 15) is 0 Å². The first-order valence-corrected chi connectivity index (χ1v) is 7.65. The van der Waals surface area contributed by atoms with Gasteiger partial charge in [0.25, 0.3) is 0 Å². The fraction of sp³-hybridized carbons (Fsp3) is 0.933. The Kier molecular flexibility index (Phi) is 3.07. The van der Waals surface area contributed by atoms with Gasteiger partial charge >= 0.3 is 0 Å². The SMILES string of the molecule is CC1(C)CC2(CN=C(N)N2CC2CCCO2)C(C)(C)O1. The molecule has 0 saturated carbocycles. The molecule has 1 spiro atoms. The second-order valence-electron chi connectivity index (χ2n) is 7.50. The summed E-state index contributed by atoms with van der Waals surface area (Å²) >= 11 is 0. The van der Waals surface area contributed by atoms with Crippen molar-refractivity contribution in [1.82, 2.24) is 4.90 Å². The van der Waals surface area contributed by atoms with Gasteiger partial charge in [-0.25, -0.2) is 0 Å². The molecule has 0 aromatic heterocycles. The number of nitrogens with two attached hydrogens (primary N) is 1. The van der Waals surface area contributed by atoms with Gasteiger partial charge in [0.15, 0.2) is 5.96 Å². The Bertz CT molecular complexity index is 427. The van der Waals surface area contributed by atoms with Crippen molar-refractivity contribution in [2.75, 3.05) is 19.7 Å². The van der Waals surface area contributed by atoms with E-state index < -0.39 is 0 Å². The highest BCUT2D eigenvalue weighted by Gasteiger charge is 2.62. The lowest BCUT2D eigenvalue weighted by Gasteiger charge is -2.44. The van der Waals surface area contributed by atoms with Crippen LogP contribution in [-0.2, 0) is 9.47 Å². The van der Waals surface area contributed by atoms with Crippen LogP contribution in [0.3, 0.4) is 0 Å². The Morgan fingerprint density at radius 2 is 2.10 bits per heavy atom. The van der Waals surface area contributed by atoms with Crippen molar-refractivity contribution < 1.29 is 9.47 Å². The fourth-order valence-corrected chi connectivity index (χ4v) is 4.27. The van der Waals surface area contributed by atoms with E-state index in [2.05, 4.69) is 37.6 Å². The molecule has 5 nitrogen and oxygen atoms in total. The zero-order chi connectivity index (χ0) is 14.6. The predicted molar refractivity (Wildman–Crippen MR) is 78.8 cm³/mol. The second kappa shape index (κ2) is 4.34. The van der Waals surface area contributed by atoms with Gasteiger partial charge in [0.05, 0.1) is 29.4 Å². The number of guanidine groups is 1. The molecule has 0 aliphatic carbocycles. The van der Waals surface area contributed by atoms with E-state index in [1.807, 2.05) is 0 Å². The van der Waals surface area contributed by atoms with Crippen LogP contribution in [0.25, 0.3) is 0 Å². The quantitative estimate of drug-likeness (QED) is 0.833. The summed E-state index contributed by atoms with van der Waals surface area (Å²) in [6.07, 6.45) is 3.49. The molecule has 2 N–H and O–H groups in total. The highest BCUT2D eigenvalue weighted by Crippen LogP contribution is 2.50. The zero-order valence-electron chi connectivity index (χ0n) is 13.1. The molecule has 2 unspecified atom stereocenters. The lowest BCUT2D eigenvalue weighted by Crippen LogP contribution is -2.62. The van der Waals surface area contributed by atoms with E-state index in [0.29, 0.717) is 5.96 Å². The van der Waals surface area contributed by atoms with E-state index in [1.54, 1.807) is 0 Å². The van der Waals surface area contributed by atoms with Gasteiger partial charge < -0.3 is 20.1 Å². The zero-order valence-corrected chi connectivity index (χ0v) is 13.1. The van der Waals surface area contributed by atoms with Crippen LogP contribution in [0.15, 0.2) is 4.99 Å². The maximum absolute atomic E-state index is 6.31. The molecule has 114 valence electrons. The van der Waals surface area contributed by atoms with Crippen LogP contribution in [0, 0.1) is 0 Å². The number of ether oxygens (including phenoxy) is 2. The average Bonchev–Trinajstić information content (AvgIpc) is 2.94. The Hall–Kier alpha value is -0.810. The van der Waals surface area contributed by atoms with Crippen molar-refractivity contribution in [3.05, 3.63) is 0 Å². The minimum absolute atomic E-state index is 0.132. The Balaban J connectivity index is 1.87. The maximum Gasteiger partial charge on any atom is 0.192 e. The average molecular weight is 281 g/mol. The standard InChI is InChI=1S/C15H27N3O2/c1-13(2)9-15(14(3,4)20-13)10-17-12(16)18(15)8-11-6-5-7-19-11/h11H,5-10H2,1-4H3,(H2,16,17). The van der Waals surface area contributed by atoms with E-state index in [1.165, 1.54) is 0 Å². The molecule has 2 saturated heterocycles. The predicted octanol–water partition coefficient (Wildman–Crippen LogP) is 1.51. The van der Waals surface area contributed by atoms with E-state index in [0.717, 1.165) is 39.0 Å². The monoisotopic (exact) mass is 281 g/mol. The van der Waals surface area contributed by atoms with Gasteiger partial charge in [-0.3, -0.25) is 4.99 Å². The van der Waals surface area contributed by atoms with Gasteiger partial charge in [0.1, 0.15) is 0 Å². The minimum atomic E-state index is -0.264. The number of hydrogen-bond donors (Lipinski definition) is 1. The molecule has 3 aliphatic heterocycles. The van der Waals surface area contributed by atoms with Crippen molar-refractivity contribution in [1.29, 1.82) is 0 Å². The molecule has 5 heteroatoms.